The minimum atomic E-state index is 0.359. The topological polar surface area (TPSA) is 27.7 Å². The summed E-state index contributed by atoms with van der Waals surface area (Å²) in [7, 11) is 6.41. The molecule has 0 radical (unpaired) electrons. The second-order valence-corrected chi connectivity index (χ2v) is 5.68. The van der Waals surface area contributed by atoms with E-state index in [4.69, 9.17) is 4.74 Å². The summed E-state index contributed by atoms with van der Waals surface area (Å²) in [5.41, 5.74) is 1.32. The second kappa shape index (κ2) is 9.77. The fourth-order valence-corrected chi connectivity index (χ4v) is 2.27. The quantitative estimate of drug-likeness (QED) is 0.716. The zero-order valence-electron chi connectivity index (χ0n) is 14.2. The molecule has 21 heavy (non-hydrogen) atoms. The number of benzene rings is 1. The molecule has 0 aliphatic carbocycles. The van der Waals surface area contributed by atoms with Crippen molar-refractivity contribution in [2.75, 3.05) is 53.9 Å². The summed E-state index contributed by atoms with van der Waals surface area (Å²) in [6.07, 6.45) is 0. The van der Waals surface area contributed by atoms with Gasteiger partial charge in [0.25, 0.3) is 0 Å². The first-order valence-corrected chi connectivity index (χ1v) is 7.86. The van der Waals surface area contributed by atoms with E-state index in [1.807, 2.05) is 6.92 Å². The highest BCUT2D eigenvalue weighted by atomic mass is 16.5. The van der Waals surface area contributed by atoms with Crippen LogP contribution < -0.4 is 10.1 Å². The molecule has 1 N–H and O–H groups in total. The largest absolute Gasteiger partial charge is 0.494 e. The summed E-state index contributed by atoms with van der Waals surface area (Å²) in [5, 5.41) is 3.57. The number of ether oxygens (including phenoxy) is 1. The van der Waals surface area contributed by atoms with Crippen LogP contribution in [0.25, 0.3) is 0 Å². The summed E-state index contributed by atoms with van der Waals surface area (Å²) >= 11 is 0. The van der Waals surface area contributed by atoms with Crippen molar-refractivity contribution >= 4 is 0 Å². The predicted octanol–water partition coefficient (Wildman–Crippen LogP) is 2.23. The average molecular weight is 293 g/mol. The summed E-state index contributed by atoms with van der Waals surface area (Å²) in [4.78, 5) is 4.60. The van der Waals surface area contributed by atoms with Crippen molar-refractivity contribution < 1.29 is 4.74 Å². The molecule has 0 bridgehead atoms. The lowest BCUT2D eigenvalue weighted by atomic mass is 10.1. The van der Waals surface area contributed by atoms with Gasteiger partial charge in [-0.15, -0.1) is 0 Å². The monoisotopic (exact) mass is 293 g/mol. The van der Waals surface area contributed by atoms with Crippen molar-refractivity contribution in [2.24, 2.45) is 0 Å². The SMILES string of the molecule is CCNC(CN(C)CCN(C)C)c1ccc(OCC)cc1. The van der Waals surface area contributed by atoms with Crippen molar-refractivity contribution in [2.45, 2.75) is 19.9 Å². The van der Waals surface area contributed by atoms with Crippen molar-refractivity contribution in [1.29, 1.82) is 0 Å². The molecule has 1 rings (SSSR count). The molecule has 0 fully saturated rings. The highest BCUT2D eigenvalue weighted by Crippen LogP contribution is 2.18. The molecule has 120 valence electrons. The maximum Gasteiger partial charge on any atom is 0.119 e. The Balaban J connectivity index is 2.62. The number of hydrogen-bond acceptors (Lipinski definition) is 4. The van der Waals surface area contributed by atoms with Crippen LogP contribution >= 0.6 is 0 Å². The molecule has 4 nitrogen and oxygen atoms in total. The Kier molecular flexibility index (Phi) is 8.35. The third kappa shape index (κ3) is 6.93. The number of rotatable bonds is 10. The summed E-state index contributed by atoms with van der Waals surface area (Å²) in [6.45, 7) is 9.01. The van der Waals surface area contributed by atoms with E-state index < -0.39 is 0 Å². The van der Waals surface area contributed by atoms with Gasteiger partial charge in [-0.25, -0.2) is 0 Å². The van der Waals surface area contributed by atoms with Gasteiger partial charge in [0.2, 0.25) is 0 Å². The van der Waals surface area contributed by atoms with Gasteiger partial charge >= 0.3 is 0 Å². The fourth-order valence-electron chi connectivity index (χ4n) is 2.27. The third-order valence-corrected chi connectivity index (χ3v) is 3.47. The Morgan fingerprint density at radius 3 is 2.24 bits per heavy atom. The Morgan fingerprint density at radius 1 is 1.05 bits per heavy atom. The van der Waals surface area contributed by atoms with Crippen LogP contribution in [-0.2, 0) is 0 Å². The molecule has 0 spiro atoms. The minimum absolute atomic E-state index is 0.359. The van der Waals surface area contributed by atoms with E-state index in [0.29, 0.717) is 12.6 Å². The molecule has 0 amide bonds. The summed E-state index contributed by atoms with van der Waals surface area (Å²) < 4.78 is 5.51. The van der Waals surface area contributed by atoms with Gasteiger partial charge in [-0.2, -0.15) is 0 Å². The standard InChI is InChI=1S/C17H31N3O/c1-6-18-17(14-20(5)13-12-19(3)4)15-8-10-16(11-9-15)21-7-2/h8-11,17-18H,6-7,12-14H2,1-5H3. The van der Waals surface area contributed by atoms with Crippen molar-refractivity contribution in [3.05, 3.63) is 29.8 Å². The lowest BCUT2D eigenvalue weighted by Gasteiger charge is -2.26. The van der Waals surface area contributed by atoms with E-state index in [-0.39, 0.29) is 0 Å². The van der Waals surface area contributed by atoms with E-state index in [0.717, 1.165) is 31.9 Å². The summed E-state index contributed by atoms with van der Waals surface area (Å²) in [6, 6.07) is 8.81. The lowest BCUT2D eigenvalue weighted by molar-refractivity contribution is 0.257. The van der Waals surface area contributed by atoms with Gasteiger partial charge < -0.3 is 19.9 Å². The van der Waals surface area contributed by atoms with Crippen LogP contribution in [0.3, 0.4) is 0 Å². The minimum Gasteiger partial charge on any atom is -0.494 e. The normalized spacial score (nSPS) is 12.9. The Labute approximate surface area is 130 Å². The van der Waals surface area contributed by atoms with Crippen LogP contribution in [0.4, 0.5) is 0 Å². The maximum absolute atomic E-state index is 5.51. The molecule has 0 aromatic heterocycles. The average Bonchev–Trinajstić information content (AvgIpc) is 2.46. The number of nitrogens with zero attached hydrogens (tertiary/aromatic N) is 2. The van der Waals surface area contributed by atoms with E-state index in [1.54, 1.807) is 0 Å². The van der Waals surface area contributed by atoms with Gasteiger partial charge in [0.05, 0.1) is 6.61 Å². The maximum atomic E-state index is 5.51. The highest BCUT2D eigenvalue weighted by Gasteiger charge is 2.13. The first-order chi connectivity index (χ1) is 10.1. The first-order valence-electron chi connectivity index (χ1n) is 7.86. The molecule has 1 aromatic carbocycles. The van der Waals surface area contributed by atoms with Crippen molar-refractivity contribution in [1.82, 2.24) is 15.1 Å². The molecule has 0 heterocycles. The molecule has 0 saturated carbocycles. The van der Waals surface area contributed by atoms with Crippen molar-refractivity contribution in [3.63, 3.8) is 0 Å². The molecule has 0 aliphatic rings. The van der Waals surface area contributed by atoms with Crippen LogP contribution in [0.15, 0.2) is 24.3 Å². The Bertz CT molecular complexity index is 378. The van der Waals surface area contributed by atoms with Crippen LogP contribution in [0.1, 0.15) is 25.5 Å². The van der Waals surface area contributed by atoms with Gasteiger partial charge in [-0.05, 0) is 52.3 Å². The van der Waals surface area contributed by atoms with Gasteiger partial charge in [0.1, 0.15) is 5.75 Å². The predicted molar refractivity (Wildman–Crippen MR) is 90.1 cm³/mol. The van der Waals surface area contributed by atoms with Gasteiger partial charge in [0.15, 0.2) is 0 Å². The molecule has 4 heteroatoms. The van der Waals surface area contributed by atoms with E-state index >= 15 is 0 Å². The Hall–Kier alpha value is -1.10. The number of nitrogens with one attached hydrogen (secondary N) is 1. The fraction of sp³-hybridized carbons (Fsp3) is 0.647. The van der Waals surface area contributed by atoms with Gasteiger partial charge in [-0.1, -0.05) is 19.1 Å². The molecule has 1 unspecified atom stereocenters. The molecular weight excluding hydrogens is 262 g/mol. The second-order valence-electron chi connectivity index (χ2n) is 5.68. The third-order valence-electron chi connectivity index (χ3n) is 3.47. The smallest absolute Gasteiger partial charge is 0.119 e. The van der Waals surface area contributed by atoms with E-state index in [9.17, 15) is 0 Å². The van der Waals surface area contributed by atoms with Gasteiger partial charge in [0, 0.05) is 25.7 Å². The van der Waals surface area contributed by atoms with Crippen LogP contribution in [0, 0.1) is 0 Å². The van der Waals surface area contributed by atoms with Crippen LogP contribution in [0.2, 0.25) is 0 Å². The number of hydrogen-bond donors (Lipinski definition) is 1. The van der Waals surface area contributed by atoms with Crippen molar-refractivity contribution in [3.8, 4) is 5.75 Å². The Morgan fingerprint density at radius 2 is 1.71 bits per heavy atom. The van der Waals surface area contributed by atoms with Crippen LogP contribution in [0.5, 0.6) is 5.75 Å². The zero-order chi connectivity index (χ0) is 15.7. The van der Waals surface area contributed by atoms with Gasteiger partial charge in [-0.3, -0.25) is 0 Å². The van der Waals surface area contributed by atoms with E-state index in [2.05, 4.69) is 67.4 Å². The van der Waals surface area contributed by atoms with E-state index in [1.165, 1.54) is 5.56 Å². The number of likely N-dealkylation sites (N-methyl/N-ethyl adjacent to an activating group) is 3. The zero-order valence-corrected chi connectivity index (χ0v) is 14.2. The molecule has 0 aliphatic heterocycles. The molecule has 1 aromatic rings. The van der Waals surface area contributed by atoms with Crippen LogP contribution in [-0.4, -0.2) is 63.7 Å². The first kappa shape index (κ1) is 18.0. The molecule has 1 atom stereocenters. The molecular formula is C17H31N3O. The molecule has 0 saturated heterocycles. The highest BCUT2D eigenvalue weighted by molar-refractivity contribution is 5.29. The lowest BCUT2D eigenvalue weighted by Crippen LogP contribution is -2.36. The summed E-state index contributed by atoms with van der Waals surface area (Å²) in [5.74, 6) is 0.942.